The number of nitrogens with zero attached hydrogens (tertiary/aromatic N) is 3. The van der Waals surface area contributed by atoms with Crippen molar-refractivity contribution in [3.05, 3.63) is 16.3 Å². The lowest BCUT2D eigenvalue weighted by Crippen LogP contribution is -2.34. The molecule has 1 fully saturated rings. The molecule has 1 aliphatic carbocycles. The number of hydrogen-bond donors (Lipinski definition) is 0. The van der Waals surface area contributed by atoms with E-state index in [-0.39, 0.29) is 0 Å². The van der Waals surface area contributed by atoms with Crippen LogP contribution < -0.4 is 4.90 Å². The molecular weight excluding hydrogens is 234 g/mol. The van der Waals surface area contributed by atoms with Crippen molar-refractivity contribution in [3.63, 3.8) is 0 Å². The van der Waals surface area contributed by atoms with Crippen molar-refractivity contribution in [1.82, 2.24) is 10.2 Å². The summed E-state index contributed by atoms with van der Waals surface area (Å²) in [5, 5.41) is 8.80. The van der Waals surface area contributed by atoms with E-state index in [0.717, 1.165) is 16.9 Å². The van der Waals surface area contributed by atoms with Gasteiger partial charge in [-0.1, -0.05) is 30.9 Å². The topological polar surface area (TPSA) is 29.0 Å². The largest absolute Gasteiger partial charge is 0.355 e. The molecule has 0 saturated heterocycles. The maximum atomic E-state index is 5.98. The minimum Gasteiger partial charge on any atom is -0.355 e. The van der Waals surface area contributed by atoms with Crippen molar-refractivity contribution in [1.29, 1.82) is 0 Å². The van der Waals surface area contributed by atoms with Gasteiger partial charge >= 0.3 is 0 Å². The Morgan fingerprint density at radius 1 is 1.06 bits per heavy atom. The van der Waals surface area contributed by atoms with E-state index in [1.54, 1.807) is 0 Å². The monoisotopic (exact) mass is 253 g/mol. The van der Waals surface area contributed by atoms with Crippen molar-refractivity contribution < 1.29 is 0 Å². The average molecular weight is 254 g/mol. The van der Waals surface area contributed by atoms with Crippen molar-refractivity contribution in [2.75, 3.05) is 11.9 Å². The molecule has 2 rings (SSSR count). The predicted octanol–water partition coefficient (Wildman–Crippen LogP) is 3.52. The molecule has 0 atom stereocenters. The first kappa shape index (κ1) is 12.6. The molecule has 0 N–H and O–H groups in total. The molecule has 94 valence electrons. The lowest BCUT2D eigenvalue weighted by Gasteiger charge is -2.32. The summed E-state index contributed by atoms with van der Waals surface area (Å²) in [6.45, 7) is 4.08. The molecule has 1 aromatic rings. The summed E-state index contributed by atoms with van der Waals surface area (Å²) in [5.41, 5.74) is 2.19. The Morgan fingerprint density at radius 3 is 2.35 bits per heavy atom. The van der Waals surface area contributed by atoms with Gasteiger partial charge in [0.2, 0.25) is 0 Å². The molecule has 0 aliphatic heterocycles. The normalized spacial score (nSPS) is 17.2. The number of aromatic nitrogens is 2. The Labute approximate surface area is 108 Å². The quantitative estimate of drug-likeness (QED) is 0.808. The molecule has 17 heavy (non-hydrogen) atoms. The van der Waals surface area contributed by atoms with E-state index >= 15 is 0 Å². The van der Waals surface area contributed by atoms with Gasteiger partial charge in [0.15, 0.2) is 11.0 Å². The zero-order chi connectivity index (χ0) is 12.4. The maximum Gasteiger partial charge on any atom is 0.155 e. The zero-order valence-electron chi connectivity index (χ0n) is 10.8. The van der Waals surface area contributed by atoms with Crippen molar-refractivity contribution in [2.24, 2.45) is 0 Å². The number of halogens is 1. The highest BCUT2D eigenvalue weighted by Gasteiger charge is 2.21. The fraction of sp³-hybridized carbons (Fsp3) is 0.692. The third-order valence-electron chi connectivity index (χ3n) is 3.90. The molecule has 0 unspecified atom stereocenters. The van der Waals surface area contributed by atoms with Gasteiger partial charge in [-0.3, -0.25) is 0 Å². The zero-order valence-corrected chi connectivity index (χ0v) is 11.6. The summed E-state index contributed by atoms with van der Waals surface area (Å²) >= 11 is 5.98. The smallest absolute Gasteiger partial charge is 0.155 e. The molecule has 1 aromatic heterocycles. The lowest BCUT2D eigenvalue weighted by atomic mass is 9.94. The van der Waals surface area contributed by atoms with Crippen LogP contribution in [-0.2, 0) is 0 Å². The number of rotatable bonds is 2. The molecule has 1 heterocycles. The molecular formula is C13H20ClN3. The van der Waals surface area contributed by atoms with Crippen LogP contribution in [0, 0.1) is 13.8 Å². The maximum absolute atomic E-state index is 5.98. The molecule has 4 heteroatoms. The minimum absolute atomic E-state index is 0.517. The van der Waals surface area contributed by atoms with Crippen LogP contribution in [0.2, 0.25) is 5.15 Å². The Morgan fingerprint density at radius 2 is 1.71 bits per heavy atom. The van der Waals surface area contributed by atoms with Crippen LogP contribution in [0.5, 0.6) is 0 Å². The summed E-state index contributed by atoms with van der Waals surface area (Å²) in [7, 11) is 2.13. The fourth-order valence-electron chi connectivity index (χ4n) is 2.54. The van der Waals surface area contributed by atoms with E-state index in [0.29, 0.717) is 11.2 Å². The standard InChI is InChI=1S/C13H20ClN3/c1-9-10(2)13(16-15-12(9)14)17(3)11-7-5-4-6-8-11/h11H,4-8H2,1-3H3. The summed E-state index contributed by atoms with van der Waals surface area (Å²) in [4.78, 5) is 2.28. The van der Waals surface area contributed by atoms with Gasteiger partial charge < -0.3 is 4.90 Å². The molecule has 0 aromatic carbocycles. The van der Waals surface area contributed by atoms with Gasteiger partial charge in [0.1, 0.15) is 0 Å². The van der Waals surface area contributed by atoms with E-state index in [1.807, 2.05) is 6.92 Å². The second kappa shape index (κ2) is 5.21. The highest BCUT2D eigenvalue weighted by molar-refractivity contribution is 6.30. The third kappa shape index (κ3) is 2.54. The molecule has 3 nitrogen and oxygen atoms in total. The summed E-state index contributed by atoms with van der Waals surface area (Å²) in [6.07, 6.45) is 6.55. The van der Waals surface area contributed by atoms with E-state index in [2.05, 4.69) is 29.1 Å². The van der Waals surface area contributed by atoms with E-state index in [1.165, 1.54) is 32.1 Å². The number of hydrogen-bond acceptors (Lipinski definition) is 3. The van der Waals surface area contributed by atoms with Gasteiger partial charge in [-0.05, 0) is 37.8 Å². The second-order valence-corrected chi connectivity index (χ2v) is 5.33. The van der Waals surface area contributed by atoms with Gasteiger partial charge in [-0.2, -0.15) is 0 Å². The summed E-state index contributed by atoms with van der Waals surface area (Å²) < 4.78 is 0. The summed E-state index contributed by atoms with van der Waals surface area (Å²) in [6, 6.07) is 0.609. The van der Waals surface area contributed by atoms with E-state index in [4.69, 9.17) is 11.6 Å². The van der Waals surface area contributed by atoms with Gasteiger partial charge in [0.05, 0.1) is 0 Å². The minimum atomic E-state index is 0.517. The van der Waals surface area contributed by atoms with Gasteiger partial charge in [-0.15, -0.1) is 10.2 Å². The molecule has 0 bridgehead atoms. The van der Waals surface area contributed by atoms with Gasteiger partial charge in [0.25, 0.3) is 0 Å². The average Bonchev–Trinajstić information content (AvgIpc) is 2.36. The molecule has 0 spiro atoms. The lowest BCUT2D eigenvalue weighted by molar-refractivity contribution is 0.425. The van der Waals surface area contributed by atoms with Gasteiger partial charge in [0, 0.05) is 13.1 Å². The highest BCUT2D eigenvalue weighted by atomic mass is 35.5. The Bertz CT molecular complexity index is 400. The van der Waals surface area contributed by atoms with Crippen LogP contribution in [0.1, 0.15) is 43.2 Å². The van der Waals surface area contributed by atoms with Crippen molar-refractivity contribution in [2.45, 2.75) is 52.0 Å². The van der Waals surface area contributed by atoms with Crippen LogP contribution in [0.15, 0.2) is 0 Å². The Balaban J connectivity index is 2.24. The van der Waals surface area contributed by atoms with Gasteiger partial charge in [-0.25, -0.2) is 0 Å². The predicted molar refractivity (Wildman–Crippen MR) is 71.8 cm³/mol. The van der Waals surface area contributed by atoms with Crippen LogP contribution in [0.25, 0.3) is 0 Å². The van der Waals surface area contributed by atoms with Crippen LogP contribution in [0.4, 0.5) is 5.82 Å². The van der Waals surface area contributed by atoms with Crippen molar-refractivity contribution >= 4 is 17.4 Å². The first-order chi connectivity index (χ1) is 8.11. The fourth-order valence-corrected chi connectivity index (χ4v) is 2.72. The molecule has 1 aliphatic rings. The first-order valence-electron chi connectivity index (χ1n) is 6.33. The highest BCUT2D eigenvalue weighted by Crippen LogP contribution is 2.28. The van der Waals surface area contributed by atoms with Crippen LogP contribution in [0.3, 0.4) is 0 Å². The second-order valence-electron chi connectivity index (χ2n) is 4.97. The molecule has 0 radical (unpaired) electrons. The third-order valence-corrected chi connectivity index (χ3v) is 4.26. The van der Waals surface area contributed by atoms with E-state index < -0.39 is 0 Å². The SMILES string of the molecule is Cc1c(Cl)nnc(N(C)C2CCCCC2)c1C. The molecule has 1 saturated carbocycles. The summed E-state index contributed by atoms with van der Waals surface area (Å²) in [5.74, 6) is 0.985. The Kier molecular flexibility index (Phi) is 3.87. The van der Waals surface area contributed by atoms with Crippen molar-refractivity contribution in [3.8, 4) is 0 Å². The van der Waals surface area contributed by atoms with Crippen LogP contribution >= 0.6 is 11.6 Å². The van der Waals surface area contributed by atoms with E-state index in [9.17, 15) is 0 Å². The van der Waals surface area contributed by atoms with Crippen LogP contribution in [-0.4, -0.2) is 23.3 Å². The molecule has 0 amide bonds. The first-order valence-corrected chi connectivity index (χ1v) is 6.71. The Hall–Kier alpha value is -0.830. The number of anilines is 1.